The van der Waals surface area contributed by atoms with E-state index in [1.54, 1.807) is 0 Å². The Morgan fingerprint density at radius 3 is 2.31 bits per heavy atom. The van der Waals surface area contributed by atoms with Crippen molar-refractivity contribution >= 4 is 0 Å². The summed E-state index contributed by atoms with van der Waals surface area (Å²) >= 11 is 0. The quantitative estimate of drug-likeness (QED) is 0.751. The molecule has 1 aromatic carbocycles. The van der Waals surface area contributed by atoms with Crippen LogP contribution in [0.1, 0.15) is 31.7 Å². The Morgan fingerprint density at radius 1 is 1.15 bits per heavy atom. The molecule has 0 aliphatic rings. The molecule has 1 nitrogen and oxygen atoms in total. The third-order valence-electron chi connectivity index (χ3n) is 2.44. The van der Waals surface area contributed by atoms with E-state index in [2.05, 4.69) is 38.1 Å². The minimum atomic E-state index is 0.289. The lowest BCUT2D eigenvalue weighted by Crippen LogP contribution is -2.05. The van der Waals surface area contributed by atoms with Crippen LogP contribution in [0.5, 0.6) is 0 Å². The van der Waals surface area contributed by atoms with Crippen LogP contribution in [0.15, 0.2) is 30.3 Å². The van der Waals surface area contributed by atoms with Gasteiger partial charge in [-0.15, -0.1) is 0 Å². The molecule has 13 heavy (non-hydrogen) atoms. The van der Waals surface area contributed by atoms with E-state index in [1.807, 2.05) is 6.07 Å². The van der Waals surface area contributed by atoms with Gasteiger partial charge in [-0.2, -0.15) is 0 Å². The molecule has 72 valence electrons. The van der Waals surface area contributed by atoms with Gasteiger partial charge in [0.2, 0.25) is 0 Å². The van der Waals surface area contributed by atoms with Crippen LogP contribution in [0.25, 0.3) is 0 Å². The highest BCUT2D eigenvalue weighted by Crippen LogP contribution is 2.22. The van der Waals surface area contributed by atoms with Gasteiger partial charge in [0.05, 0.1) is 0 Å². The molecule has 0 aromatic heterocycles. The molecule has 0 saturated heterocycles. The predicted molar refractivity (Wildman–Crippen MR) is 55.7 cm³/mol. The number of hydrogen-bond acceptors (Lipinski definition) is 1. The van der Waals surface area contributed by atoms with Crippen molar-refractivity contribution in [3.05, 3.63) is 35.9 Å². The van der Waals surface area contributed by atoms with Crippen LogP contribution in [-0.4, -0.2) is 11.7 Å². The van der Waals surface area contributed by atoms with Gasteiger partial charge in [-0.3, -0.25) is 0 Å². The number of aliphatic hydroxyl groups is 1. The van der Waals surface area contributed by atoms with Crippen molar-refractivity contribution in [3.8, 4) is 0 Å². The molecule has 0 bridgehead atoms. The van der Waals surface area contributed by atoms with E-state index in [0.29, 0.717) is 11.8 Å². The Balaban J connectivity index is 2.53. The second-order valence-electron chi connectivity index (χ2n) is 3.84. The maximum absolute atomic E-state index is 8.93. The van der Waals surface area contributed by atoms with Gasteiger partial charge >= 0.3 is 0 Å². The van der Waals surface area contributed by atoms with E-state index in [1.165, 1.54) is 5.56 Å². The molecule has 1 heteroatoms. The molecule has 2 atom stereocenters. The maximum Gasteiger partial charge on any atom is 0.0456 e. The molecule has 0 saturated carbocycles. The normalized spacial score (nSPS) is 15.3. The van der Waals surface area contributed by atoms with Crippen LogP contribution in [0.3, 0.4) is 0 Å². The van der Waals surface area contributed by atoms with Crippen molar-refractivity contribution in [2.45, 2.75) is 26.2 Å². The minimum Gasteiger partial charge on any atom is -0.396 e. The van der Waals surface area contributed by atoms with Crippen LogP contribution in [0.4, 0.5) is 0 Å². The highest BCUT2D eigenvalue weighted by molar-refractivity contribution is 5.18. The largest absolute Gasteiger partial charge is 0.396 e. The first-order valence-corrected chi connectivity index (χ1v) is 4.90. The van der Waals surface area contributed by atoms with Gasteiger partial charge in [-0.1, -0.05) is 44.2 Å². The van der Waals surface area contributed by atoms with Crippen LogP contribution in [0.2, 0.25) is 0 Å². The van der Waals surface area contributed by atoms with Gasteiger partial charge in [0.25, 0.3) is 0 Å². The van der Waals surface area contributed by atoms with Crippen LogP contribution in [-0.2, 0) is 0 Å². The standard InChI is InChI=1S/C12H18O/c1-10(9-13)8-11(2)12-6-4-3-5-7-12/h3-7,10-11,13H,8-9H2,1-2H3. The highest BCUT2D eigenvalue weighted by atomic mass is 16.3. The zero-order valence-electron chi connectivity index (χ0n) is 8.40. The second-order valence-corrected chi connectivity index (χ2v) is 3.84. The molecule has 0 aliphatic heterocycles. The van der Waals surface area contributed by atoms with Crippen molar-refractivity contribution in [1.82, 2.24) is 0 Å². The van der Waals surface area contributed by atoms with Crippen molar-refractivity contribution in [1.29, 1.82) is 0 Å². The van der Waals surface area contributed by atoms with Gasteiger partial charge in [0.15, 0.2) is 0 Å². The SMILES string of the molecule is CC(CO)CC(C)c1ccccc1. The Hall–Kier alpha value is -0.820. The fourth-order valence-electron chi connectivity index (χ4n) is 1.60. The average molecular weight is 178 g/mol. The maximum atomic E-state index is 8.93. The molecule has 0 amide bonds. The van der Waals surface area contributed by atoms with Gasteiger partial charge < -0.3 is 5.11 Å². The fraction of sp³-hybridized carbons (Fsp3) is 0.500. The second kappa shape index (κ2) is 5.03. The smallest absolute Gasteiger partial charge is 0.0456 e. The zero-order valence-corrected chi connectivity index (χ0v) is 8.40. The summed E-state index contributed by atoms with van der Waals surface area (Å²) in [6, 6.07) is 10.5. The molecular formula is C12H18O. The third-order valence-corrected chi connectivity index (χ3v) is 2.44. The van der Waals surface area contributed by atoms with Crippen molar-refractivity contribution in [2.75, 3.05) is 6.61 Å². The summed E-state index contributed by atoms with van der Waals surface area (Å²) in [5.74, 6) is 0.943. The third kappa shape index (κ3) is 3.19. The monoisotopic (exact) mass is 178 g/mol. The first kappa shape index (κ1) is 10.3. The lowest BCUT2D eigenvalue weighted by Gasteiger charge is -2.15. The van der Waals surface area contributed by atoms with E-state index in [4.69, 9.17) is 5.11 Å². The van der Waals surface area contributed by atoms with E-state index in [-0.39, 0.29) is 6.61 Å². The van der Waals surface area contributed by atoms with E-state index in [9.17, 15) is 0 Å². The molecule has 0 radical (unpaired) electrons. The molecule has 0 heterocycles. The molecule has 1 aromatic rings. The molecule has 1 N–H and O–H groups in total. The van der Waals surface area contributed by atoms with Crippen LogP contribution < -0.4 is 0 Å². The summed E-state index contributed by atoms with van der Waals surface area (Å²) in [6.07, 6.45) is 1.06. The van der Waals surface area contributed by atoms with E-state index < -0.39 is 0 Å². The van der Waals surface area contributed by atoms with Gasteiger partial charge in [0.1, 0.15) is 0 Å². The summed E-state index contributed by atoms with van der Waals surface area (Å²) in [5, 5.41) is 8.93. The average Bonchev–Trinajstić information content (AvgIpc) is 2.19. The lowest BCUT2D eigenvalue weighted by atomic mass is 9.92. The Morgan fingerprint density at radius 2 is 1.77 bits per heavy atom. The molecule has 0 fully saturated rings. The summed E-state index contributed by atoms with van der Waals surface area (Å²) in [7, 11) is 0. The lowest BCUT2D eigenvalue weighted by molar-refractivity contribution is 0.225. The zero-order chi connectivity index (χ0) is 9.68. The van der Waals surface area contributed by atoms with Gasteiger partial charge in [-0.25, -0.2) is 0 Å². The Bertz CT molecular complexity index is 230. The number of benzene rings is 1. The summed E-state index contributed by atoms with van der Waals surface area (Å²) in [6.45, 7) is 4.58. The van der Waals surface area contributed by atoms with E-state index in [0.717, 1.165) is 6.42 Å². The first-order chi connectivity index (χ1) is 6.24. The molecule has 1 rings (SSSR count). The summed E-state index contributed by atoms with van der Waals surface area (Å²) in [5.41, 5.74) is 1.36. The van der Waals surface area contributed by atoms with Crippen molar-refractivity contribution in [2.24, 2.45) is 5.92 Å². The molecule has 2 unspecified atom stereocenters. The number of hydrogen-bond donors (Lipinski definition) is 1. The van der Waals surface area contributed by atoms with Crippen molar-refractivity contribution < 1.29 is 5.11 Å². The Labute approximate surface area is 80.4 Å². The highest BCUT2D eigenvalue weighted by Gasteiger charge is 2.08. The minimum absolute atomic E-state index is 0.289. The van der Waals surface area contributed by atoms with Gasteiger partial charge in [0, 0.05) is 6.61 Å². The van der Waals surface area contributed by atoms with Crippen LogP contribution >= 0.6 is 0 Å². The van der Waals surface area contributed by atoms with Crippen LogP contribution in [0, 0.1) is 5.92 Å². The number of rotatable bonds is 4. The fourth-order valence-corrected chi connectivity index (χ4v) is 1.60. The van der Waals surface area contributed by atoms with Gasteiger partial charge in [-0.05, 0) is 23.8 Å². The predicted octanol–water partition coefficient (Wildman–Crippen LogP) is 2.81. The number of aliphatic hydroxyl groups excluding tert-OH is 1. The first-order valence-electron chi connectivity index (χ1n) is 4.90. The van der Waals surface area contributed by atoms with Crippen molar-refractivity contribution in [3.63, 3.8) is 0 Å². The summed E-state index contributed by atoms with van der Waals surface area (Å²) < 4.78 is 0. The summed E-state index contributed by atoms with van der Waals surface area (Å²) in [4.78, 5) is 0. The van der Waals surface area contributed by atoms with E-state index >= 15 is 0 Å². The Kier molecular flexibility index (Phi) is 3.97. The molecule has 0 spiro atoms. The topological polar surface area (TPSA) is 20.2 Å². The molecule has 0 aliphatic carbocycles. The molecular weight excluding hydrogens is 160 g/mol.